The van der Waals surface area contributed by atoms with Crippen molar-refractivity contribution >= 4 is 21.9 Å². The summed E-state index contributed by atoms with van der Waals surface area (Å²) < 4.78 is 5.87. The van der Waals surface area contributed by atoms with Gasteiger partial charge in [0.1, 0.15) is 11.2 Å². The molecular weight excluding hydrogens is 236 g/mol. The number of rotatable bonds is 0. The van der Waals surface area contributed by atoms with E-state index in [0.29, 0.717) is 21.9 Å². The molecule has 92 valence electrons. The largest absolute Gasteiger partial charge is 0.456 e. The van der Waals surface area contributed by atoms with E-state index in [-0.39, 0.29) is 5.43 Å². The number of hydrogen-bond donors (Lipinski definition) is 0. The molecule has 0 unspecified atom stereocenters. The minimum atomic E-state index is 0.0641. The van der Waals surface area contributed by atoms with Crippen LogP contribution in [0.4, 0.5) is 0 Å². The van der Waals surface area contributed by atoms with Crippen LogP contribution in [0.5, 0.6) is 0 Å². The van der Waals surface area contributed by atoms with E-state index in [1.54, 1.807) is 0 Å². The van der Waals surface area contributed by atoms with E-state index >= 15 is 0 Å². The summed E-state index contributed by atoms with van der Waals surface area (Å²) in [4.78, 5) is 12.5. The first kappa shape index (κ1) is 10.6. The fourth-order valence-electron chi connectivity index (χ4n) is 2.74. The Morgan fingerprint density at radius 1 is 0.842 bits per heavy atom. The van der Waals surface area contributed by atoms with Gasteiger partial charge < -0.3 is 4.42 Å². The van der Waals surface area contributed by atoms with Gasteiger partial charge in [-0.05, 0) is 48.2 Å². The van der Waals surface area contributed by atoms with Crippen molar-refractivity contribution in [2.24, 2.45) is 0 Å². The van der Waals surface area contributed by atoms with Crippen molar-refractivity contribution in [3.63, 3.8) is 0 Å². The van der Waals surface area contributed by atoms with Gasteiger partial charge in [0.25, 0.3) is 0 Å². The van der Waals surface area contributed by atoms with Gasteiger partial charge in [-0.15, -0.1) is 0 Å². The van der Waals surface area contributed by atoms with Gasteiger partial charge in [-0.3, -0.25) is 4.79 Å². The average molecular weight is 248 g/mol. The highest BCUT2D eigenvalue weighted by Gasteiger charge is 2.12. The van der Waals surface area contributed by atoms with E-state index in [1.165, 1.54) is 11.1 Å². The highest BCUT2D eigenvalue weighted by molar-refractivity contribution is 5.90. The molecular formula is C17H12O2. The molecule has 3 aromatic rings. The SMILES string of the molecule is O=c1c2ccccc2oc2cc3c(cc12)CC=CC3. The molecule has 1 aliphatic rings. The zero-order chi connectivity index (χ0) is 12.8. The average Bonchev–Trinajstić information content (AvgIpc) is 2.46. The quantitative estimate of drug-likeness (QED) is 0.449. The molecule has 1 heterocycles. The van der Waals surface area contributed by atoms with Gasteiger partial charge in [-0.2, -0.15) is 0 Å². The topological polar surface area (TPSA) is 30.2 Å². The summed E-state index contributed by atoms with van der Waals surface area (Å²) in [5.41, 5.74) is 3.91. The van der Waals surface area contributed by atoms with Gasteiger partial charge in [0.15, 0.2) is 0 Å². The molecule has 0 atom stereocenters. The smallest absolute Gasteiger partial charge is 0.200 e. The van der Waals surface area contributed by atoms with Gasteiger partial charge in [0.2, 0.25) is 5.43 Å². The van der Waals surface area contributed by atoms with Crippen LogP contribution in [0.3, 0.4) is 0 Å². The molecule has 19 heavy (non-hydrogen) atoms. The number of allylic oxidation sites excluding steroid dienone is 2. The standard InChI is InChI=1S/C17H12O2/c18-17-13-7-3-4-8-15(13)19-16-10-12-6-2-1-5-11(12)9-14(16)17/h1-4,7-10H,5-6H2. The van der Waals surface area contributed by atoms with Crippen molar-refractivity contribution in [1.29, 1.82) is 0 Å². The molecule has 0 spiro atoms. The molecule has 2 aromatic carbocycles. The van der Waals surface area contributed by atoms with E-state index in [1.807, 2.05) is 36.4 Å². The third-order valence-electron chi connectivity index (χ3n) is 3.74. The molecule has 4 rings (SSSR count). The fourth-order valence-corrected chi connectivity index (χ4v) is 2.74. The summed E-state index contributed by atoms with van der Waals surface area (Å²) >= 11 is 0. The molecule has 0 fully saturated rings. The lowest BCUT2D eigenvalue weighted by Crippen LogP contribution is -2.05. The Morgan fingerprint density at radius 2 is 1.58 bits per heavy atom. The Bertz CT molecular complexity index is 885. The van der Waals surface area contributed by atoms with Crippen molar-refractivity contribution in [3.8, 4) is 0 Å². The third kappa shape index (κ3) is 1.53. The van der Waals surface area contributed by atoms with Crippen molar-refractivity contribution in [2.45, 2.75) is 12.8 Å². The van der Waals surface area contributed by atoms with Crippen LogP contribution in [0.1, 0.15) is 11.1 Å². The van der Waals surface area contributed by atoms with Gasteiger partial charge >= 0.3 is 0 Å². The summed E-state index contributed by atoms with van der Waals surface area (Å²) in [6.45, 7) is 0. The maximum Gasteiger partial charge on any atom is 0.200 e. The van der Waals surface area contributed by atoms with Crippen LogP contribution in [0.15, 0.2) is 57.8 Å². The molecule has 2 heteroatoms. The number of hydrogen-bond acceptors (Lipinski definition) is 2. The first-order chi connectivity index (χ1) is 9.33. The predicted octanol–water partition coefficient (Wildman–Crippen LogP) is 3.60. The van der Waals surface area contributed by atoms with Gasteiger partial charge in [0, 0.05) is 0 Å². The van der Waals surface area contributed by atoms with Crippen LogP contribution in [0, 0.1) is 0 Å². The summed E-state index contributed by atoms with van der Waals surface area (Å²) in [5.74, 6) is 0. The van der Waals surface area contributed by atoms with Crippen molar-refractivity contribution in [1.82, 2.24) is 0 Å². The summed E-state index contributed by atoms with van der Waals surface area (Å²) in [7, 11) is 0. The van der Waals surface area contributed by atoms with Crippen LogP contribution >= 0.6 is 0 Å². The molecule has 0 radical (unpaired) electrons. The molecule has 0 N–H and O–H groups in total. The Balaban J connectivity index is 2.16. The normalized spacial score (nSPS) is 13.9. The molecule has 1 aromatic heterocycles. The van der Waals surface area contributed by atoms with E-state index in [0.717, 1.165) is 12.8 Å². The molecule has 0 saturated heterocycles. The minimum Gasteiger partial charge on any atom is -0.456 e. The van der Waals surface area contributed by atoms with Crippen molar-refractivity contribution < 1.29 is 4.42 Å². The van der Waals surface area contributed by atoms with Crippen LogP contribution in [0.2, 0.25) is 0 Å². The lowest BCUT2D eigenvalue weighted by Gasteiger charge is -2.12. The molecule has 0 bridgehead atoms. The first-order valence-corrected chi connectivity index (χ1v) is 6.45. The number of benzene rings is 2. The predicted molar refractivity (Wildman–Crippen MR) is 76.5 cm³/mol. The molecule has 1 aliphatic carbocycles. The Morgan fingerprint density at radius 3 is 2.42 bits per heavy atom. The highest BCUT2D eigenvalue weighted by atomic mass is 16.3. The van der Waals surface area contributed by atoms with E-state index < -0.39 is 0 Å². The Labute approximate surface area is 110 Å². The lowest BCUT2D eigenvalue weighted by atomic mass is 9.95. The van der Waals surface area contributed by atoms with Gasteiger partial charge in [-0.25, -0.2) is 0 Å². The van der Waals surface area contributed by atoms with Crippen LogP contribution in [-0.4, -0.2) is 0 Å². The zero-order valence-corrected chi connectivity index (χ0v) is 10.3. The van der Waals surface area contributed by atoms with Gasteiger partial charge in [0.05, 0.1) is 10.8 Å². The number of fused-ring (bicyclic) bond motifs is 3. The third-order valence-corrected chi connectivity index (χ3v) is 3.74. The van der Waals surface area contributed by atoms with Crippen molar-refractivity contribution in [3.05, 3.63) is 69.9 Å². The number of para-hydroxylation sites is 1. The maximum absolute atomic E-state index is 12.5. The molecule has 0 aliphatic heterocycles. The van der Waals surface area contributed by atoms with Crippen LogP contribution < -0.4 is 5.43 Å². The first-order valence-electron chi connectivity index (χ1n) is 6.45. The van der Waals surface area contributed by atoms with Crippen molar-refractivity contribution in [2.75, 3.05) is 0 Å². The summed E-state index contributed by atoms with van der Waals surface area (Å²) in [6.07, 6.45) is 6.13. The fraction of sp³-hybridized carbons (Fsp3) is 0.118. The monoisotopic (exact) mass is 248 g/mol. The molecule has 0 amide bonds. The highest BCUT2D eigenvalue weighted by Crippen LogP contribution is 2.25. The summed E-state index contributed by atoms with van der Waals surface area (Å²) in [6, 6.07) is 11.4. The Hall–Kier alpha value is -2.35. The van der Waals surface area contributed by atoms with E-state index in [9.17, 15) is 4.79 Å². The maximum atomic E-state index is 12.5. The lowest BCUT2D eigenvalue weighted by molar-refractivity contribution is 0.659. The second kappa shape index (κ2) is 3.82. The molecule has 2 nitrogen and oxygen atoms in total. The second-order valence-electron chi connectivity index (χ2n) is 4.92. The van der Waals surface area contributed by atoms with Gasteiger partial charge in [-0.1, -0.05) is 24.3 Å². The second-order valence-corrected chi connectivity index (χ2v) is 4.92. The van der Waals surface area contributed by atoms with Crippen LogP contribution in [-0.2, 0) is 12.8 Å². The Kier molecular flexibility index (Phi) is 2.12. The molecule has 0 saturated carbocycles. The zero-order valence-electron chi connectivity index (χ0n) is 10.3. The minimum absolute atomic E-state index is 0.0641. The van der Waals surface area contributed by atoms with E-state index in [2.05, 4.69) is 12.2 Å². The summed E-state index contributed by atoms with van der Waals surface area (Å²) in [5, 5.41) is 1.34. The van der Waals surface area contributed by atoms with Crippen LogP contribution in [0.25, 0.3) is 21.9 Å². The van der Waals surface area contributed by atoms with E-state index in [4.69, 9.17) is 4.42 Å².